The van der Waals surface area contributed by atoms with Gasteiger partial charge in [0.05, 0.1) is 6.26 Å². The largest absolute Gasteiger partial charge is 0.466 e. The lowest BCUT2D eigenvalue weighted by atomic mass is 9.77. The second kappa shape index (κ2) is 4.83. The van der Waals surface area contributed by atoms with E-state index in [1.807, 2.05) is 13.0 Å². The lowest BCUT2D eigenvalue weighted by molar-refractivity contribution is 0.0131. The van der Waals surface area contributed by atoms with Gasteiger partial charge in [-0.25, -0.2) is 0 Å². The maximum absolute atomic E-state index is 10.6. The van der Waals surface area contributed by atoms with Gasteiger partial charge in [0.15, 0.2) is 0 Å². The van der Waals surface area contributed by atoms with E-state index < -0.39 is 6.10 Å². The van der Waals surface area contributed by atoms with Crippen LogP contribution in [-0.2, 0) is 0 Å². The molecule has 3 atom stereocenters. The summed E-state index contributed by atoms with van der Waals surface area (Å²) in [7, 11) is 0. The van der Waals surface area contributed by atoms with Crippen LogP contribution in [0, 0.1) is 18.3 Å². The Morgan fingerprint density at radius 1 is 1.65 bits per heavy atom. The third kappa shape index (κ3) is 2.14. The first-order chi connectivity index (χ1) is 8.13. The van der Waals surface area contributed by atoms with Gasteiger partial charge in [-0.3, -0.25) is 0 Å². The molecule has 96 valence electrons. The van der Waals surface area contributed by atoms with E-state index in [-0.39, 0.29) is 5.41 Å². The van der Waals surface area contributed by atoms with Crippen LogP contribution in [0.3, 0.4) is 0 Å². The quantitative estimate of drug-likeness (QED) is 0.846. The lowest BCUT2D eigenvalue weighted by Gasteiger charge is -2.32. The highest BCUT2D eigenvalue weighted by molar-refractivity contribution is 5.20. The number of aliphatic hydroxyl groups excluding tert-OH is 1. The van der Waals surface area contributed by atoms with Crippen LogP contribution in [0.4, 0.5) is 0 Å². The molecule has 3 heteroatoms. The van der Waals surface area contributed by atoms with Crippen LogP contribution in [0.15, 0.2) is 16.7 Å². The first-order valence-corrected chi connectivity index (χ1v) is 6.55. The summed E-state index contributed by atoms with van der Waals surface area (Å²) < 4.78 is 5.43. The molecule has 0 spiro atoms. The summed E-state index contributed by atoms with van der Waals surface area (Å²) in [5, 5.41) is 10.6. The molecule has 1 aromatic heterocycles. The molecule has 2 rings (SSSR count). The van der Waals surface area contributed by atoms with E-state index in [4.69, 9.17) is 10.2 Å². The van der Waals surface area contributed by atoms with E-state index in [2.05, 4.69) is 6.92 Å². The smallest absolute Gasteiger partial charge is 0.135 e. The lowest BCUT2D eigenvalue weighted by Crippen LogP contribution is -2.34. The monoisotopic (exact) mass is 237 g/mol. The fourth-order valence-electron chi connectivity index (χ4n) is 3.11. The number of furan rings is 1. The van der Waals surface area contributed by atoms with E-state index >= 15 is 0 Å². The summed E-state index contributed by atoms with van der Waals surface area (Å²) in [5.74, 6) is 1.40. The summed E-state index contributed by atoms with van der Waals surface area (Å²) in [5.41, 5.74) is 6.78. The van der Waals surface area contributed by atoms with Crippen LogP contribution >= 0.6 is 0 Å². The average Bonchev–Trinajstić information content (AvgIpc) is 2.95. The Morgan fingerprint density at radius 3 is 2.88 bits per heavy atom. The summed E-state index contributed by atoms with van der Waals surface area (Å²) >= 11 is 0. The third-order valence-electron chi connectivity index (χ3n) is 4.46. The van der Waals surface area contributed by atoms with Crippen molar-refractivity contribution in [2.45, 2.75) is 45.6 Å². The second-order valence-electron chi connectivity index (χ2n) is 5.45. The van der Waals surface area contributed by atoms with Gasteiger partial charge in [0.1, 0.15) is 11.9 Å². The predicted molar refractivity (Wildman–Crippen MR) is 67.5 cm³/mol. The molecule has 0 radical (unpaired) electrons. The molecular formula is C14H23NO2. The molecule has 1 aliphatic rings. The SMILES string of the molecule is CCC1CCC(CN)(C(O)c2occc2C)C1. The molecular weight excluding hydrogens is 214 g/mol. The molecule has 1 saturated carbocycles. The zero-order chi connectivity index (χ0) is 12.5. The maximum atomic E-state index is 10.6. The fraction of sp³-hybridized carbons (Fsp3) is 0.714. The molecule has 1 heterocycles. The van der Waals surface area contributed by atoms with Crippen LogP contribution in [0.2, 0.25) is 0 Å². The number of hydrogen-bond acceptors (Lipinski definition) is 3. The van der Waals surface area contributed by atoms with Crippen LogP contribution in [0.25, 0.3) is 0 Å². The van der Waals surface area contributed by atoms with E-state index in [1.54, 1.807) is 6.26 Å². The van der Waals surface area contributed by atoms with Gasteiger partial charge in [0.25, 0.3) is 0 Å². The highest BCUT2D eigenvalue weighted by Gasteiger charge is 2.45. The maximum Gasteiger partial charge on any atom is 0.135 e. The topological polar surface area (TPSA) is 59.4 Å². The van der Waals surface area contributed by atoms with Crippen molar-refractivity contribution < 1.29 is 9.52 Å². The summed E-state index contributed by atoms with van der Waals surface area (Å²) in [6.07, 6.45) is 5.45. The van der Waals surface area contributed by atoms with Crippen molar-refractivity contribution in [2.75, 3.05) is 6.54 Å². The Kier molecular flexibility index (Phi) is 3.59. The third-order valence-corrected chi connectivity index (χ3v) is 4.46. The Labute approximate surface area is 103 Å². The molecule has 0 aromatic carbocycles. The molecule has 1 aliphatic carbocycles. The number of nitrogens with two attached hydrogens (primary N) is 1. The first kappa shape index (κ1) is 12.7. The molecule has 3 unspecified atom stereocenters. The zero-order valence-electron chi connectivity index (χ0n) is 10.8. The van der Waals surface area contributed by atoms with Crippen molar-refractivity contribution in [3.63, 3.8) is 0 Å². The Balaban J connectivity index is 2.22. The summed E-state index contributed by atoms with van der Waals surface area (Å²) in [4.78, 5) is 0. The summed E-state index contributed by atoms with van der Waals surface area (Å²) in [6.45, 7) is 4.71. The van der Waals surface area contributed by atoms with Crippen molar-refractivity contribution >= 4 is 0 Å². The minimum absolute atomic E-state index is 0.177. The zero-order valence-corrected chi connectivity index (χ0v) is 10.8. The highest BCUT2D eigenvalue weighted by Crippen LogP contribution is 2.50. The molecule has 0 amide bonds. The number of aryl methyl sites for hydroxylation is 1. The Morgan fingerprint density at radius 2 is 2.41 bits per heavy atom. The predicted octanol–water partition coefficient (Wildman–Crippen LogP) is 2.78. The molecule has 17 heavy (non-hydrogen) atoms. The van der Waals surface area contributed by atoms with Crippen molar-refractivity contribution in [3.8, 4) is 0 Å². The molecule has 0 bridgehead atoms. The van der Waals surface area contributed by atoms with Gasteiger partial charge in [-0.1, -0.05) is 13.3 Å². The molecule has 0 aliphatic heterocycles. The van der Waals surface area contributed by atoms with E-state index in [0.717, 1.165) is 18.4 Å². The van der Waals surface area contributed by atoms with Crippen LogP contribution < -0.4 is 5.73 Å². The highest BCUT2D eigenvalue weighted by atomic mass is 16.4. The average molecular weight is 237 g/mol. The van der Waals surface area contributed by atoms with Gasteiger partial charge in [-0.2, -0.15) is 0 Å². The van der Waals surface area contributed by atoms with E-state index in [9.17, 15) is 5.11 Å². The minimum atomic E-state index is -0.556. The van der Waals surface area contributed by atoms with Crippen molar-refractivity contribution in [3.05, 3.63) is 23.7 Å². The van der Waals surface area contributed by atoms with Crippen LogP contribution in [0.1, 0.15) is 50.0 Å². The van der Waals surface area contributed by atoms with Gasteiger partial charge in [-0.05, 0) is 43.7 Å². The number of aliphatic hydroxyl groups is 1. The van der Waals surface area contributed by atoms with Gasteiger partial charge < -0.3 is 15.3 Å². The summed E-state index contributed by atoms with van der Waals surface area (Å²) in [6, 6.07) is 1.90. The Hall–Kier alpha value is -0.800. The van der Waals surface area contributed by atoms with Gasteiger partial charge in [0, 0.05) is 12.0 Å². The van der Waals surface area contributed by atoms with E-state index in [1.165, 1.54) is 12.8 Å². The molecule has 1 aromatic rings. The normalized spacial score (nSPS) is 30.7. The van der Waals surface area contributed by atoms with Gasteiger partial charge in [-0.15, -0.1) is 0 Å². The van der Waals surface area contributed by atoms with Crippen molar-refractivity contribution in [1.29, 1.82) is 0 Å². The van der Waals surface area contributed by atoms with Crippen LogP contribution in [0.5, 0.6) is 0 Å². The standard InChI is InChI=1S/C14H23NO2/c1-3-11-4-6-14(8-11,9-15)13(16)12-10(2)5-7-17-12/h5,7,11,13,16H,3-4,6,8-9,15H2,1-2H3. The molecule has 3 nitrogen and oxygen atoms in total. The molecule has 3 N–H and O–H groups in total. The molecule has 0 saturated heterocycles. The first-order valence-electron chi connectivity index (χ1n) is 6.55. The van der Waals surface area contributed by atoms with Gasteiger partial charge in [0.2, 0.25) is 0 Å². The Bertz CT molecular complexity index is 374. The van der Waals surface area contributed by atoms with Gasteiger partial charge >= 0.3 is 0 Å². The van der Waals surface area contributed by atoms with Crippen LogP contribution in [-0.4, -0.2) is 11.7 Å². The number of rotatable bonds is 4. The fourth-order valence-corrected chi connectivity index (χ4v) is 3.11. The number of hydrogen-bond donors (Lipinski definition) is 2. The van der Waals surface area contributed by atoms with Crippen molar-refractivity contribution in [1.82, 2.24) is 0 Å². The minimum Gasteiger partial charge on any atom is -0.466 e. The second-order valence-corrected chi connectivity index (χ2v) is 5.45. The van der Waals surface area contributed by atoms with Crippen molar-refractivity contribution in [2.24, 2.45) is 17.1 Å². The van der Waals surface area contributed by atoms with E-state index in [0.29, 0.717) is 18.2 Å². The molecule has 1 fully saturated rings.